The summed E-state index contributed by atoms with van der Waals surface area (Å²) in [4.78, 5) is 20.4. The average Bonchev–Trinajstić information content (AvgIpc) is 2.39. The number of nitrogens with zero attached hydrogens (tertiary/aromatic N) is 3. The lowest BCUT2D eigenvalue weighted by molar-refractivity contribution is -0.123. The number of nitrogens with two attached hydrogens (primary N) is 1. The first-order chi connectivity index (χ1) is 8.58. The number of nitrogen functional groups attached to an aromatic ring is 1. The van der Waals surface area contributed by atoms with Gasteiger partial charge >= 0.3 is 0 Å². The predicted octanol–water partition coefficient (Wildman–Crippen LogP) is 0.968. The fourth-order valence-corrected chi connectivity index (χ4v) is 2.24. The van der Waals surface area contributed by atoms with Gasteiger partial charge in [-0.25, -0.2) is 4.98 Å². The van der Waals surface area contributed by atoms with Crippen LogP contribution in [0.15, 0.2) is 18.3 Å². The molecule has 2 N–H and O–H groups in total. The van der Waals surface area contributed by atoms with E-state index in [1.165, 1.54) is 0 Å². The van der Waals surface area contributed by atoms with Gasteiger partial charge in [0.25, 0.3) is 0 Å². The Morgan fingerprint density at radius 3 is 2.67 bits per heavy atom. The second-order valence-corrected chi connectivity index (χ2v) is 4.92. The lowest BCUT2D eigenvalue weighted by Gasteiger charge is -2.30. The van der Waals surface area contributed by atoms with Crippen LogP contribution in [0.1, 0.15) is 12.8 Å². The summed E-state index contributed by atoms with van der Waals surface area (Å²) in [6.45, 7) is 1.97. The lowest BCUT2D eigenvalue weighted by atomic mass is 9.96. The average molecular weight is 248 g/mol. The topological polar surface area (TPSA) is 62.5 Å². The Kier molecular flexibility index (Phi) is 3.81. The van der Waals surface area contributed by atoms with E-state index in [9.17, 15) is 4.79 Å². The van der Waals surface area contributed by atoms with Crippen LogP contribution in [-0.2, 0) is 4.79 Å². The van der Waals surface area contributed by atoms with Gasteiger partial charge in [-0.1, -0.05) is 0 Å². The van der Waals surface area contributed by atoms with Crippen LogP contribution >= 0.6 is 0 Å². The number of amides is 1. The monoisotopic (exact) mass is 248 g/mol. The summed E-state index contributed by atoms with van der Waals surface area (Å²) in [5.74, 6) is 0.930. The first-order valence-corrected chi connectivity index (χ1v) is 6.25. The van der Waals surface area contributed by atoms with Crippen molar-refractivity contribution in [1.29, 1.82) is 0 Å². The number of carbonyl (C=O) groups is 1. The molecule has 1 amide bonds. The smallest absolute Gasteiger partial charge is 0.231 e. The third-order valence-corrected chi connectivity index (χ3v) is 3.51. The van der Waals surface area contributed by atoms with Crippen LogP contribution < -0.4 is 10.6 Å². The molecular weight excluding hydrogens is 228 g/mol. The molecule has 0 unspecified atom stereocenters. The van der Waals surface area contributed by atoms with E-state index in [0.717, 1.165) is 25.9 Å². The molecule has 18 heavy (non-hydrogen) atoms. The molecule has 0 spiro atoms. The summed E-state index contributed by atoms with van der Waals surface area (Å²) < 4.78 is 0. The summed E-state index contributed by atoms with van der Waals surface area (Å²) in [7, 11) is 3.87. The van der Waals surface area contributed by atoms with E-state index in [0.29, 0.717) is 11.5 Å². The number of likely N-dealkylation sites (tertiary alicyclic amines) is 1. The van der Waals surface area contributed by atoms with Gasteiger partial charge in [0.2, 0.25) is 5.91 Å². The third-order valence-electron chi connectivity index (χ3n) is 3.51. The molecule has 0 aromatic carbocycles. The van der Waals surface area contributed by atoms with Crippen molar-refractivity contribution in [3.05, 3.63) is 18.3 Å². The van der Waals surface area contributed by atoms with E-state index < -0.39 is 0 Å². The molecule has 2 rings (SSSR count). The van der Waals surface area contributed by atoms with E-state index >= 15 is 0 Å². The Morgan fingerprint density at radius 2 is 2.11 bits per heavy atom. The van der Waals surface area contributed by atoms with Crippen molar-refractivity contribution >= 4 is 17.4 Å². The number of hydrogen-bond donors (Lipinski definition) is 1. The highest BCUT2D eigenvalue weighted by Crippen LogP contribution is 2.21. The second-order valence-electron chi connectivity index (χ2n) is 4.92. The molecule has 0 saturated carbocycles. The molecule has 0 radical (unpaired) electrons. The number of pyridine rings is 1. The molecule has 5 nitrogen and oxygen atoms in total. The molecule has 1 aromatic rings. The summed E-state index contributed by atoms with van der Waals surface area (Å²) >= 11 is 0. The van der Waals surface area contributed by atoms with Gasteiger partial charge < -0.3 is 10.6 Å². The number of piperidine rings is 1. The molecule has 0 bridgehead atoms. The van der Waals surface area contributed by atoms with Crippen LogP contribution in [0.4, 0.5) is 11.5 Å². The van der Waals surface area contributed by atoms with Crippen molar-refractivity contribution in [2.45, 2.75) is 12.8 Å². The SMILES string of the molecule is CN1CCC(C(=O)N(C)c2ccc(N)cn2)CC1. The normalized spacial score (nSPS) is 17.7. The fourth-order valence-electron chi connectivity index (χ4n) is 2.24. The van der Waals surface area contributed by atoms with E-state index in [1.54, 1.807) is 30.3 Å². The van der Waals surface area contributed by atoms with Gasteiger partial charge in [-0.05, 0) is 45.1 Å². The van der Waals surface area contributed by atoms with Gasteiger partial charge in [-0.3, -0.25) is 9.69 Å². The summed E-state index contributed by atoms with van der Waals surface area (Å²) in [6, 6.07) is 3.54. The number of anilines is 2. The van der Waals surface area contributed by atoms with Gasteiger partial charge in [-0.2, -0.15) is 0 Å². The zero-order valence-electron chi connectivity index (χ0n) is 11.0. The predicted molar refractivity (Wildman–Crippen MR) is 72.3 cm³/mol. The molecular formula is C13H20N4O. The number of aromatic nitrogens is 1. The molecule has 98 valence electrons. The van der Waals surface area contributed by atoms with Crippen molar-refractivity contribution in [2.24, 2.45) is 5.92 Å². The van der Waals surface area contributed by atoms with Gasteiger partial charge in [0, 0.05) is 13.0 Å². The Morgan fingerprint density at radius 1 is 1.44 bits per heavy atom. The van der Waals surface area contributed by atoms with Gasteiger partial charge in [0.15, 0.2) is 0 Å². The van der Waals surface area contributed by atoms with E-state index in [1.807, 2.05) is 0 Å². The first-order valence-electron chi connectivity index (χ1n) is 6.25. The Labute approximate surface area is 108 Å². The van der Waals surface area contributed by atoms with Crippen molar-refractivity contribution in [3.8, 4) is 0 Å². The summed E-state index contributed by atoms with van der Waals surface area (Å²) in [5, 5.41) is 0. The van der Waals surface area contributed by atoms with Gasteiger partial charge in [0.05, 0.1) is 11.9 Å². The van der Waals surface area contributed by atoms with Crippen molar-refractivity contribution in [2.75, 3.05) is 37.8 Å². The zero-order chi connectivity index (χ0) is 13.1. The maximum atomic E-state index is 12.3. The highest BCUT2D eigenvalue weighted by Gasteiger charge is 2.26. The zero-order valence-corrected chi connectivity index (χ0v) is 11.0. The minimum absolute atomic E-state index is 0.116. The van der Waals surface area contributed by atoms with E-state index in [-0.39, 0.29) is 11.8 Å². The van der Waals surface area contributed by atoms with Crippen LogP contribution in [0.2, 0.25) is 0 Å². The van der Waals surface area contributed by atoms with Crippen LogP contribution in [0.3, 0.4) is 0 Å². The Balaban J connectivity index is 2.02. The molecule has 1 saturated heterocycles. The van der Waals surface area contributed by atoms with Crippen LogP contribution in [0.25, 0.3) is 0 Å². The maximum absolute atomic E-state index is 12.3. The van der Waals surface area contributed by atoms with Gasteiger partial charge in [-0.15, -0.1) is 0 Å². The molecule has 5 heteroatoms. The fraction of sp³-hybridized carbons (Fsp3) is 0.538. The number of rotatable bonds is 2. The Bertz CT molecular complexity index is 410. The largest absolute Gasteiger partial charge is 0.397 e. The summed E-state index contributed by atoms with van der Waals surface area (Å²) in [6.07, 6.45) is 3.43. The van der Waals surface area contributed by atoms with Crippen molar-refractivity contribution in [3.63, 3.8) is 0 Å². The minimum Gasteiger partial charge on any atom is -0.397 e. The van der Waals surface area contributed by atoms with E-state index in [2.05, 4.69) is 16.9 Å². The highest BCUT2D eigenvalue weighted by molar-refractivity contribution is 5.93. The molecule has 1 aliphatic rings. The molecule has 1 fully saturated rings. The molecule has 2 heterocycles. The number of hydrogen-bond acceptors (Lipinski definition) is 4. The van der Waals surface area contributed by atoms with Crippen LogP contribution in [0.5, 0.6) is 0 Å². The van der Waals surface area contributed by atoms with Crippen LogP contribution in [0, 0.1) is 5.92 Å². The summed E-state index contributed by atoms with van der Waals surface area (Å²) in [5.41, 5.74) is 6.20. The van der Waals surface area contributed by atoms with Gasteiger partial charge in [0.1, 0.15) is 5.82 Å². The van der Waals surface area contributed by atoms with E-state index in [4.69, 9.17) is 5.73 Å². The third kappa shape index (κ3) is 2.79. The minimum atomic E-state index is 0.116. The highest BCUT2D eigenvalue weighted by atomic mass is 16.2. The molecule has 0 atom stereocenters. The first kappa shape index (κ1) is 12.8. The standard InChI is InChI=1S/C13H20N4O/c1-16-7-5-10(6-8-16)13(18)17(2)12-4-3-11(14)9-15-12/h3-4,9-10H,5-8,14H2,1-2H3. The Hall–Kier alpha value is -1.62. The van der Waals surface area contributed by atoms with Crippen LogP contribution in [-0.4, -0.2) is 43.0 Å². The number of carbonyl (C=O) groups excluding carboxylic acids is 1. The quantitative estimate of drug-likeness (QED) is 0.847. The van der Waals surface area contributed by atoms with Crippen molar-refractivity contribution < 1.29 is 4.79 Å². The molecule has 1 aliphatic heterocycles. The van der Waals surface area contributed by atoms with Crippen molar-refractivity contribution in [1.82, 2.24) is 9.88 Å². The molecule has 0 aliphatic carbocycles. The molecule has 1 aromatic heterocycles. The maximum Gasteiger partial charge on any atom is 0.231 e. The second kappa shape index (κ2) is 5.35. The lowest BCUT2D eigenvalue weighted by Crippen LogP contribution is -2.40.